The first-order valence-electron chi connectivity index (χ1n) is 9.10. The number of fused-ring (bicyclic) bond motifs is 1. The summed E-state index contributed by atoms with van der Waals surface area (Å²) >= 11 is 0. The van der Waals surface area contributed by atoms with Crippen molar-refractivity contribution < 1.29 is 19.1 Å². The molecular formula is C23H18N2O4. The summed E-state index contributed by atoms with van der Waals surface area (Å²) in [5.74, 6) is -0.496. The largest absolute Gasteiger partial charge is 0.484 e. The molecule has 6 heteroatoms. The van der Waals surface area contributed by atoms with Crippen molar-refractivity contribution in [3.8, 4) is 5.75 Å². The second kappa shape index (κ2) is 7.59. The maximum atomic E-state index is 12.6. The van der Waals surface area contributed by atoms with E-state index in [-0.39, 0.29) is 24.3 Å². The monoisotopic (exact) mass is 386 g/mol. The highest BCUT2D eigenvalue weighted by molar-refractivity contribution is 6.34. The van der Waals surface area contributed by atoms with Crippen LogP contribution in [0, 0.1) is 6.92 Å². The molecule has 0 saturated heterocycles. The highest BCUT2D eigenvalue weighted by Crippen LogP contribution is 2.29. The summed E-state index contributed by atoms with van der Waals surface area (Å²) in [6, 6.07) is 20.7. The molecule has 0 bridgehead atoms. The molecule has 0 fully saturated rings. The molecule has 1 heterocycles. The number of nitrogens with zero attached hydrogens (tertiary/aromatic N) is 1. The Bertz CT molecular complexity index is 1070. The number of anilines is 2. The lowest BCUT2D eigenvalue weighted by Crippen LogP contribution is -2.29. The lowest BCUT2D eigenvalue weighted by Gasteiger charge is -2.15. The minimum absolute atomic E-state index is 0.152. The van der Waals surface area contributed by atoms with Crippen molar-refractivity contribution in [3.63, 3.8) is 0 Å². The van der Waals surface area contributed by atoms with Crippen LogP contribution in [0.15, 0.2) is 72.8 Å². The molecule has 29 heavy (non-hydrogen) atoms. The fourth-order valence-corrected chi connectivity index (χ4v) is 3.13. The van der Waals surface area contributed by atoms with Crippen LogP contribution in [0.5, 0.6) is 5.75 Å². The molecule has 6 nitrogen and oxygen atoms in total. The van der Waals surface area contributed by atoms with Crippen molar-refractivity contribution >= 4 is 29.1 Å². The van der Waals surface area contributed by atoms with Crippen molar-refractivity contribution in [2.45, 2.75) is 6.92 Å². The molecule has 1 N–H and O–H groups in total. The number of carbonyl (C=O) groups excluding carboxylic acids is 3. The fraction of sp³-hybridized carbons (Fsp3) is 0.0870. The van der Waals surface area contributed by atoms with Crippen molar-refractivity contribution in [3.05, 3.63) is 89.5 Å². The van der Waals surface area contributed by atoms with E-state index in [1.165, 1.54) is 0 Å². The molecule has 0 radical (unpaired) electrons. The van der Waals surface area contributed by atoms with E-state index in [4.69, 9.17) is 4.74 Å². The summed E-state index contributed by atoms with van der Waals surface area (Å²) in [5, 5.41) is 2.73. The van der Waals surface area contributed by atoms with Gasteiger partial charge in [-0.2, -0.15) is 0 Å². The van der Waals surface area contributed by atoms with E-state index >= 15 is 0 Å². The summed E-state index contributed by atoms with van der Waals surface area (Å²) in [7, 11) is 0. The normalized spacial score (nSPS) is 12.7. The van der Waals surface area contributed by atoms with Gasteiger partial charge >= 0.3 is 0 Å². The van der Waals surface area contributed by atoms with Gasteiger partial charge in [-0.3, -0.25) is 14.4 Å². The van der Waals surface area contributed by atoms with Crippen molar-refractivity contribution in [1.29, 1.82) is 0 Å². The first kappa shape index (κ1) is 18.4. The Hall–Kier alpha value is -3.93. The second-order valence-electron chi connectivity index (χ2n) is 6.69. The number of ether oxygens (including phenoxy) is 1. The van der Waals surface area contributed by atoms with Gasteiger partial charge in [0.2, 0.25) is 0 Å². The third-order valence-electron chi connectivity index (χ3n) is 4.57. The van der Waals surface area contributed by atoms with Crippen LogP contribution < -0.4 is 15.0 Å². The zero-order chi connectivity index (χ0) is 20.4. The number of nitrogens with one attached hydrogen (secondary N) is 1. The number of imide groups is 1. The Balaban J connectivity index is 1.45. The second-order valence-corrected chi connectivity index (χ2v) is 6.69. The summed E-state index contributed by atoms with van der Waals surface area (Å²) in [4.78, 5) is 38.6. The van der Waals surface area contributed by atoms with Crippen LogP contribution >= 0.6 is 0 Å². The lowest BCUT2D eigenvalue weighted by atomic mass is 10.1. The van der Waals surface area contributed by atoms with E-state index in [1.54, 1.807) is 60.7 Å². The highest BCUT2D eigenvalue weighted by Gasteiger charge is 2.36. The van der Waals surface area contributed by atoms with Gasteiger partial charge in [0, 0.05) is 5.69 Å². The van der Waals surface area contributed by atoms with Crippen molar-refractivity contribution in [1.82, 2.24) is 0 Å². The third-order valence-corrected chi connectivity index (χ3v) is 4.57. The van der Waals surface area contributed by atoms with E-state index in [9.17, 15) is 14.4 Å². The van der Waals surface area contributed by atoms with Gasteiger partial charge in [-0.1, -0.05) is 35.9 Å². The van der Waals surface area contributed by atoms with Gasteiger partial charge < -0.3 is 10.1 Å². The molecular weight excluding hydrogens is 368 g/mol. The topological polar surface area (TPSA) is 75.7 Å². The molecule has 3 aromatic rings. The van der Waals surface area contributed by atoms with Crippen LogP contribution in [0.1, 0.15) is 26.3 Å². The van der Waals surface area contributed by atoms with Crippen LogP contribution in [-0.4, -0.2) is 24.3 Å². The molecule has 3 amide bonds. The Morgan fingerprint density at radius 3 is 2.21 bits per heavy atom. The van der Waals surface area contributed by atoms with Crippen LogP contribution in [-0.2, 0) is 4.79 Å². The molecule has 0 atom stereocenters. The lowest BCUT2D eigenvalue weighted by molar-refractivity contribution is -0.118. The first-order chi connectivity index (χ1) is 14.0. The fourth-order valence-electron chi connectivity index (χ4n) is 3.13. The van der Waals surface area contributed by atoms with Crippen molar-refractivity contribution in [2.24, 2.45) is 0 Å². The van der Waals surface area contributed by atoms with Crippen LogP contribution in [0.2, 0.25) is 0 Å². The standard InChI is InChI=1S/C23H18N2O4/c1-15-9-11-18(12-10-15)29-14-21(26)24-16-5-4-6-17(13-16)25-22(27)19-7-2-3-8-20(19)23(25)28/h2-13H,14H2,1H3,(H,24,26). The molecule has 0 unspecified atom stereocenters. The Morgan fingerprint density at radius 1 is 0.897 bits per heavy atom. The molecule has 0 aliphatic carbocycles. The smallest absolute Gasteiger partial charge is 0.266 e. The molecule has 0 saturated carbocycles. The van der Waals surface area contributed by atoms with Gasteiger partial charge in [-0.25, -0.2) is 4.90 Å². The highest BCUT2D eigenvalue weighted by atomic mass is 16.5. The van der Waals surface area contributed by atoms with E-state index in [2.05, 4.69) is 5.32 Å². The Morgan fingerprint density at radius 2 is 1.55 bits per heavy atom. The Labute approximate surface area is 167 Å². The summed E-state index contributed by atoms with van der Waals surface area (Å²) < 4.78 is 5.47. The summed E-state index contributed by atoms with van der Waals surface area (Å²) in [5.41, 5.74) is 2.72. The maximum Gasteiger partial charge on any atom is 0.266 e. The third kappa shape index (κ3) is 3.73. The van der Waals surface area contributed by atoms with Crippen LogP contribution in [0.25, 0.3) is 0 Å². The van der Waals surface area contributed by atoms with Gasteiger partial charge in [0.25, 0.3) is 17.7 Å². The average Bonchev–Trinajstić information content (AvgIpc) is 2.98. The average molecular weight is 386 g/mol. The van der Waals surface area contributed by atoms with E-state index in [1.807, 2.05) is 19.1 Å². The number of amides is 3. The minimum atomic E-state index is -0.378. The predicted octanol–water partition coefficient (Wildman–Crippen LogP) is 3.81. The minimum Gasteiger partial charge on any atom is -0.484 e. The zero-order valence-corrected chi connectivity index (χ0v) is 15.7. The Kier molecular flexibility index (Phi) is 4.83. The number of hydrogen-bond acceptors (Lipinski definition) is 4. The molecule has 0 aromatic heterocycles. The van der Waals surface area contributed by atoms with E-state index < -0.39 is 0 Å². The van der Waals surface area contributed by atoms with Crippen LogP contribution in [0.3, 0.4) is 0 Å². The van der Waals surface area contributed by atoms with Gasteiger partial charge in [0.1, 0.15) is 5.75 Å². The number of benzene rings is 3. The number of hydrogen-bond donors (Lipinski definition) is 1. The predicted molar refractivity (Wildman–Crippen MR) is 109 cm³/mol. The number of aryl methyl sites for hydroxylation is 1. The quantitative estimate of drug-likeness (QED) is 0.677. The van der Waals surface area contributed by atoms with Gasteiger partial charge in [0.15, 0.2) is 6.61 Å². The maximum absolute atomic E-state index is 12.6. The van der Waals surface area contributed by atoms with E-state index in [0.29, 0.717) is 28.3 Å². The van der Waals surface area contributed by atoms with Gasteiger partial charge in [-0.05, 0) is 49.4 Å². The molecule has 0 spiro atoms. The summed E-state index contributed by atoms with van der Waals surface area (Å²) in [6.45, 7) is 1.82. The first-order valence-corrected chi connectivity index (χ1v) is 9.10. The molecule has 4 rings (SSSR count). The number of rotatable bonds is 5. The van der Waals surface area contributed by atoms with E-state index in [0.717, 1.165) is 10.5 Å². The molecule has 3 aromatic carbocycles. The SMILES string of the molecule is Cc1ccc(OCC(=O)Nc2cccc(N3C(=O)c4ccccc4C3=O)c2)cc1. The van der Waals surface area contributed by atoms with Gasteiger partial charge in [-0.15, -0.1) is 0 Å². The van der Waals surface area contributed by atoms with Crippen molar-refractivity contribution in [2.75, 3.05) is 16.8 Å². The van der Waals surface area contributed by atoms with Gasteiger partial charge in [0.05, 0.1) is 16.8 Å². The zero-order valence-electron chi connectivity index (χ0n) is 15.7. The van der Waals surface area contributed by atoms with Crippen LogP contribution in [0.4, 0.5) is 11.4 Å². The molecule has 144 valence electrons. The molecule has 1 aliphatic rings. The molecule has 1 aliphatic heterocycles. The number of carbonyl (C=O) groups is 3. The summed E-state index contributed by atoms with van der Waals surface area (Å²) in [6.07, 6.45) is 0.